The van der Waals surface area contributed by atoms with E-state index in [-0.39, 0.29) is 0 Å². The Balaban J connectivity index is 1.50. The van der Waals surface area contributed by atoms with Crippen molar-refractivity contribution in [3.05, 3.63) is 153 Å². The minimum absolute atomic E-state index is 1.13. The molecule has 0 atom stereocenters. The molecule has 1 N–H and O–H groups in total. The molecule has 0 aromatic heterocycles. The summed E-state index contributed by atoms with van der Waals surface area (Å²) >= 11 is 0. The second-order valence-electron chi connectivity index (χ2n) is 8.58. The molecule has 0 amide bonds. The highest BCUT2D eigenvalue weighted by atomic mass is 14.9. The average Bonchev–Trinajstić information content (AvgIpc) is 3.36. The van der Waals surface area contributed by atoms with Gasteiger partial charge in [0.15, 0.2) is 0 Å². The first-order chi connectivity index (χ1) is 15.7. The molecule has 3 aliphatic carbocycles. The van der Waals surface area contributed by atoms with Gasteiger partial charge in [0, 0.05) is 17.5 Å². The Morgan fingerprint density at radius 3 is 2.44 bits per heavy atom. The molecular weight excluding hydrogens is 386 g/mol. The van der Waals surface area contributed by atoms with Crippen LogP contribution in [0.2, 0.25) is 0 Å². The van der Waals surface area contributed by atoms with E-state index in [9.17, 15) is 0 Å². The first-order valence-corrected chi connectivity index (χ1v) is 11.1. The Labute approximate surface area is 189 Å². The fourth-order valence-corrected chi connectivity index (χ4v) is 5.21. The smallest absolute Gasteiger partial charge is 0.0602 e. The quantitative estimate of drug-likeness (QED) is 0.557. The fraction of sp³-hybridized carbons (Fsp3) is 0.0645. The van der Waals surface area contributed by atoms with Gasteiger partial charge in [0.2, 0.25) is 0 Å². The molecule has 0 unspecified atom stereocenters. The van der Waals surface area contributed by atoms with Gasteiger partial charge in [-0.25, -0.2) is 0 Å². The number of hydrogen-bond donors (Lipinski definition) is 1. The van der Waals surface area contributed by atoms with E-state index >= 15 is 0 Å². The molecule has 2 aromatic carbocycles. The maximum Gasteiger partial charge on any atom is 0.0602 e. The Hall–Kier alpha value is -3.84. The van der Waals surface area contributed by atoms with Gasteiger partial charge in [0.25, 0.3) is 0 Å². The molecule has 0 bridgehead atoms. The lowest BCUT2D eigenvalue weighted by molar-refractivity contribution is 1.08. The minimum atomic E-state index is 1.13. The summed E-state index contributed by atoms with van der Waals surface area (Å²) < 4.78 is 0. The number of hydrogen-bond acceptors (Lipinski definition) is 1. The van der Waals surface area contributed by atoms with Gasteiger partial charge in [-0.1, -0.05) is 90.6 Å². The zero-order valence-corrected chi connectivity index (χ0v) is 18.3. The molecule has 1 radical (unpaired) electrons. The molecule has 2 aromatic rings. The van der Waals surface area contributed by atoms with Gasteiger partial charge in [-0.15, -0.1) is 0 Å². The van der Waals surface area contributed by atoms with Crippen LogP contribution in [0.15, 0.2) is 136 Å². The van der Waals surface area contributed by atoms with E-state index in [0.29, 0.717) is 0 Å². The maximum absolute atomic E-state index is 3.46. The monoisotopic (exact) mass is 410 g/mol. The first-order valence-electron chi connectivity index (χ1n) is 11.1. The predicted molar refractivity (Wildman–Crippen MR) is 134 cm³/mol. The van der Waals surface area contributed by atoms with Gasteiger partial charge < -0.3 is 5.32 Å². The molecule has 153 valence electrons. The molecule has 0 saturated heterocycles. The molecule has 32 heavy (non-hydrogen) atoms. The summed E-state index contributed by atoms with van der Waals surface area (Å²) in [6.45, 7) is 4.49. The molecule has 6 rings (SSSR count). The summed E-state index contributed by atoms with van der Waals surface area (Å²) in [7, 11) is 0. The Bertz CT molecular complexity index is 1380. The third-order valence-electron chi connectivity index (χ3n) is 6.58. The van der Waals surface area contributed by atoms with Gasteiger partial charge in [0.1, 0.15) is 0 Å². The molecule has 1 heteroatoms. The lowest BCUT2D eigenvalue weighted by atomic mass is 9.81. The van der Waals surface area contributed by atoms with Crippen LogP contribution in [0.25, 0.3) is 17.2 Å². The zero-order valence-electron chi connectivity index (χ0n) is 18.3. The average molecular weight is 411 g/mol. The highest BCUT2D eigenvalue weighted by molar-refractivity contribution is 5.90. The molecule has 0 spiro atoms. The highest BCUT2D eigenvalue weighted by Crippen LogP contribution is 2.52. The standard InChI is InChI=1S/C31H24N/c1-20-18-23-15-16-26(28-14-7-4-8-17-32-28)31(23)30(20)29-21(2)19-27-24(12-9-13-25(27)29)22-10-5-3-6-11-22/h3-19,32H,1-2H3. The van der Waals surface area contributed by atoms with E-state index in [1.165, 1.54) is 61.6 Å². The van der Waals surface area contributed by atoms with Gasteiger partial charge in [-0.3, -0.25) is 0 Å². The van der Waals surface area contributed by atoms with Gasteiger partial charge in [-0.05, 0) is 70.5 Å². The number of fused-ring (bicyclic) bond motifs is 2. The van der Waals surface area contributed by atoms with E-state index in [1.807, 2.05) is 12.3 Å². The minimum Gasteiger partial charge on any atom is -0.361 e. The third-order valence-corrected chi connectivity index (χ3v) is 6.58. The van der Waals surface area contributed by atoms with Crippen LogP contribution in [0.4, 0.5) is 0 Å². The maximum atomic E-state index is 3.46. The topological polar surface area (TPSA) is 12.0 Å². The van der Waals surface area contributed by atoms with Crippen LogP contribution >= 0.6 is 0 Å². The van der Waals surface area contributed by atoms with Gasteiger partial charge in [-0.2, -0.15) is 0 Å². The summed E-state index contributed by atoms with van der Waals surface area (Å²) in [5, 5.41) is 3.46. The van der Waals surface area contributed by atoms with E-state index < -0.39 is 0 Å². The molecule has 1 nitrogen and oxygen atoms in total. The number of rotatable bonds is 3. The Morgan fingerprint density at radius 1 is 0.719 bits per heavy atom. The number of benzene rings is 2. The molecular formula is C31H24N. The van der Waals surface area contributed by atoms with E-state index in [2.05, 4.69) is 110 Å². The fourth-order valence-electron chi connectivity index (χ4n) is 5.21. The van der Waals surface area contributed by atoms with Crippen LogP contribution in [0, 0.1) is 5.92 Å². The van der Waals surface area contributed by atoms with Crippen LogP contribution in [-0.4, -0.2) is 0 Å². The largest absolute Gasteiger partial charge is 0.361 e. The van der Waals surface area contributed by atoms with Crippen molar-refractivity contribution >= 4 is 6.08 Å². The third kappa shape index (κ3) is 2.85. The van der Waals surface area contributed by atoms with Crippen LogP contribution in [0.3, 0.4) is 0 Å². The second-order valence-corrected chi connectivity index (χ2v) is 8.58. The summed E-state index contributed by atoms with van der Waals surface area (Å²) in [6, 6.07) is 17.4. The first kappa shape index (κ1) is 18.9. The summed E-state index contributed by atoms with van der Waals surface area (Å²) in [4.78, 5) is 0. The van der Waals surface area contributed by atoms with Crippen LogP contribution < -0.4 is 5.32 Å². The van der Waals surface area contributed by atoms with Crippen molar-refractivity contribution in [2.45, 2.75) is 13.8 Å². The van der Waals surface area contributed by atoms with Crippen LogP contribution in [-0.2, 0) is 0 Å². The normalized spacial score (nSPS) is 19.0. The molecule has 4 aliphatic rings. The van der Waals surface area contributed by atoms with Crippen molar-refractivity contribution in [3.8, 4) is 11.1 Å². The highest BCUT2D eigenvalue weighted by Gasteiger charge is 2.36. The van der Waals surface area contributed by atoms with Crippen LogP contribution in [0.1, 0.15) is 25.0 Å². The summed E-state index contributed by atoms with van der Waals surface area (Å²) in [6.07, 6.45) is 19.5. The Morgan fingerprint density at radius 2 is 1.56 bits per heavy atom. The molecule has 0 saturated carbocycles. The van der Waals surface area contributed by atoms with Crippen molar-refractivity contribution in [3.63, 3.8) is 0 Å². The molecule has 1 aliphatic heterocycles. The predicted octanol–water partition coefficient (Wildman–Crippen LogP) is 7.37. The zero-order chi connectivity index (χ0) is 21.7. The SMILES string of the molecule is CC1=Cc2c(cccc2-c2ccccc2)[C]1C1=C(C)C=C2C=CC(C3=CC=CC=CN3)=C21. The van der Waals surface area contributed by atoms with Gasteiger partial charge >= 0.3 is 0 Å². The van der Waals surface area contributed by atoms with Crippen molar-refractivity contribution in [2.24, 2.45) is 0 Å². The van der Waals surface area contributed by atoms with Crippen molar-refractivity contribution < 1.29 is 0 Å². The van der Waals surface area contributed by atoms with Gasteiger partial charge in [0.05, 0.1) is 5.92 Å². The van der Waals surface area contributed by atoms with E-state index in [1.54, 1.807) is 0 Å². The van der Waals surface area contributed by atoms with Crippen LogP contribution in [0.5, 0.6) is 0 Å². The lowest BCUT2D eigenvalue weighted by Crippen LogP contribution is -2.10. The molecule has 1 heterocycles. The second kappa shape index (κ2) is 7.39. The van der Waals surface area contributed by atoms with E-state index in [0.717, 1.165) is 5.70 Å². The van der Waals surface area contributed by atoms with E-state index in [4.69, 9.17) is 0 Å². The molecule has 0 fully saturated rings. The number of nitrogens with one attached hydrogen (secondary N) is 1. The van der Waals surface area contributed by atoms with Crippen molar-refractivity contribution in [2.75, 3.05) is 0 Å². The number of allylic oxidation sites excluding steroid dienone is 12. The van der Waals surface area contributed by atoms with Crippen molar-refractivity contribution in [1.29, 1.82) is 0 Å². The summed E-state index contributed by atoms with van der Waals surface area (Å²) in [5.74, 6) is 1.36. The van der Waals surface area contributed by atoms with Crippen molar-refractivity contribution in [1.82, 2.24) is 5.32 Å². The lowest BCUT2D eigenvalue weighted by Gasteiger charge is -2.21. The Kier molecular flexibility index (Phi) is 4.36. The summed E-state index contributed by atoms with van der Waals surface area (Å²) in [5.41, 5.74) is 14.3.